The second-order valence-corrected chi connectivity index (χ2v) is 6.02. The van der Waals surface area contributed by atoms with E-state index in [1.165, 1.54) is 12.8 Å². The van der Waals surface area contributed by atoms with Gasteiger partial charge < -0.3 is 9.73 Å². The first-order chi connectivity index (χ1) is 11.2. The van der Waals surface area contributed by atoms with Crippen LogP contribution in [0.3, 0.4) is 0 Å². The van der Waals surface area contributed by atoms with Crippen LogP contribution in [-0.4, -0.2) is 40.2 Å². The number of likely N-dealkylation sites (tertiary alicyclic amines) is 1. The zero-order chi connectivity index (χ0) is 16.1. The van der Waals surface area contributed by atoms with E-state index in [0.29, 0.717) is 19.4 Å². The van der Waals surface area contributed by atoms with Gasteiger partial charge in [0.05, 0.1) is 12.3 Å². The van der Waals surface area contributed by atoms with Gasteiger partial charge in [-0.05, 0) is 50.6 Å². The van der Waals surface area contributed by atoms with Gasteiger partial charge in [0, 0.05) is 31.9 Å². The molecule has 0 bridgehead atoms. The summed E-state index contributed by atoms with van der Waals surface area (Å²) >= 11 is 0. The molecule has 6 heteroatoms. The van der Waals surface area contributed by atoms with Crippen molar-refractivity contribution in [3.63, 3.8) is 0 Å². The summed E-state index contributed by atoms with van der Waals surface area (Å²) in [6.45, 7) is 2.73. The molecule has 1 unspecified atom stereocenters. The summed E-state index contributed by atoms with van der Waals surface area (Å²) in [6.07, 6.45) is 7.06. The average Bonchev–Trinajstić information content (AvgIpc) is 3.29. The van der Waals surface area contributed by atoms with Crippen molar-refractivity contribution < 1.29 is 9.21 Å². The SMILES string of the molecule is Cn1nccc1CCC(=O)NCC(c1ccco1)N1CCCC1. The topological polar surface area (TPSA) is 63.3 Å². The van der Waals surface area contributed by atoms with Crippen molar-refractivity contribution in [2.24, 2.45) is 7.05 Å². The summed E-state index contributed by atoms with van der Waals surface area (Å²) < 4.78 is 7.38. The molecule has 124 valence electrons. The number of aryl methyl sites for hydroxylation is 2. The van der Waals surface area contributed by atoms with E-state index >= 15 is 0 Å². The minimum atomic E-state index is 0.0713. The second kappa shape index (κ2) is 7.46. The van der Waals surface area contributed by atoms with E-state index in [1.807, 2.05) is 29.9 Å². The lowest BCUT2D eigenvalue weighted by molar-refractivity contribution is -0.121. The molecule has 0 saturated carbocycles. The van der Waals surface area contributed by atoms with Crippen molar-refractivity contribution in [3.05, 3.63) is 42.1 Å². The normalized spacial score (nSPS) is 16.6. The number of aromatic nitrogens is 2. The van der Waals surface area contributed by atoms with Crippen molar-refractivity contribution >= 4 is 5.91 Å². The fourth-order valence-corrected chi connectivity index (χ4v) is 3.13. The molecule has 0 aliphatic carbocycles. The molecule has 1 fully saturated rings. The van der Waals surface area contributed by atoms with Crippen LogP contribution in [0.5, 0.6) is 0 Å². The minimum Gasteiger partial charge on any atom is -0.468 e. The Morgan fingerprint density at radius 1 is 1.39 bits per heavy atom. The Labute approximate surface area is 136 Å². The molecular formula is C17H24N4O2. The number of hydrogen-bond donors (Lipinski definition) is 1. The molecule has 6 nitrogen and oxygen atoms in total. The second-order valence-electron chi connectivity index (χ2n) is 6.02. The highest BCUT2D eigenvalue weighted by Gasteiger charge is 2.25. The molecule has 1 aliphatic heterocycles. The van der Waals surface area contributed by atoms with E-state index in [0.717, 1.165) is 24.5 Å². The predicted octanol–water partition coefficient (Wildman–Crippen LogP) is 1.90. The molecule has 1 aliphatic rings. The Bertz CT molecular complexity index is 614. The first-order valence-corrected chi connectivity index (χ1v) is 8.25. The Morgan fingerprint density at radius 2 is 2.22 bits per heavy atom. The van der Waals surface area contributed by atoms with Crippen LogP contribution in [0, 0.1) is 0 Å². The van der Waals surface area contributed by atoms with Crippen molar-refractivity contribution in [2.45, 2.75) is 31.7 Å². The van der Waals surface area contributed by atoms with Gasteiger partial charge in [0.1, 0.15) is 5.76 Å². The Kier molecular flexibility index (Phi) is 5.12. The smallest absolute Gasteiger partial charge is 0.220 e. The highest BCUT2D eigenvalue weighted by atomic mass is 16.3. The van der Waals surface area contributed by atoms with Crippen LogP contribution in [0.2, 0.25) is 0 Å². The number of hydrogen-bond acceptors (Lipinski definition) is 4. The lowest BCUT2D eigenvalue weighted by atomic mass is 10.2. The number of rotatable bonds is 7. The van der Waals surface area contributed by atoms with Crippen LogP contribution in [0.1, 0.15) is 36.8 Å². The Balaban J connectivity index is 1.52. The number of furan rings is 1. The molecule has 0 radical (unpaired) electrons. The highest BCUT2D eigenvalue weighted by Crippen LogP contribution is 2.24. The van der Waals surface area contributed by atoms with Crippen molar-refractivity contribution in [3.8, 4) is 0 Å². The van der Waals surface area contributed by atoms with Crippen molar-refractivity contribution in [1.82, 2.24) is 20.0 Å². The standard InChI is InChI=1S/C17H24N4O2/c1-20-14(8-9-19-20)6-7-17(22)18-13-15(16-5-4-12-23-16)21-10-2-3-11-21/h4-5,8-9,12,15H,2-3,6-7,10-11,13H2,1H3,(H,18,22). The van der Waals surface area contributed by atoms with E-state index in [2.05, 4.69) is 15.3 Å². The molecule has 1 atom stereocenters. The number of carbonyl (C=O) groups excluding carboxylic acids is 1. The van der Waals surface area contributed by atoms with Gasteiger partial charge in [0.2, 0.25) is 5.91 Å². The maximum atomic E-state index is 12.1. The average molecular weight is 316 g/mol. The predicted molar refractivity (Wildman–Crippen MR) is 86.8 cm³/mol. The van der Waals surface area contributed by atoms with Crippen LogP contribution in [0.15, 0.2) is 35.1 Å². The van der Waals surface area contributed by atoms with Crippen molar-refractivity contribution in [1.29, 1.82) is 0 Å². The van der Waals surface area contributed by atoms with Crippen molar-refractivity contribution in [2.75, 3.05) is 19.6 Å². The molecule has 0 aromatic carbocycles. The van der Waals surface area contributed by atoms with Crippen LogP contribution in [0.25, 0.3) is 0 Å². The maximum absolute atomic E-state index is 12.1. The van der Waals surface area contributed by atoms with Crippen LogP contribution >= 0.6 is 0 Å². The quantitative estimate of drug-likeness (QED) is 0.847. The number of nitrogens with one attached hydrogen (secondary N) is 1. The fourth-order valence-electron chi connectivity index (χ4n) is 3.13. The van der Waals surface area contributed by atoms with E-state index in [1.54, 1.807) is 12.5 Å². The maximum Gasteiger partial charge on any atom is 0.220 e. The van der Waals surface area contributed by atoms with Crippen LogP contribution in [0.4, 0.5) is 0 Å². The van der Waals surface area contributed by atoms with Gasteiger partial charge >= 0.3 is 0 Å². The molecule has 23 heavy (non-hydrogen) atoms. The van der Waals surface area contributed by atoms with Gasteiger partial charge in [-0.25, -0.2) is 0 Å². The number of carbonyl (C=O) groups is 1. The number of nitrogens with zero attached hydrogens (tertiary/aromatic N) is 3. The molecule has 1 amide bonds. The molecule has 0 spiro atoms. The molecule has 2 aromatic heterocycles. The molecular weight excluding hydrogens is 292 g/mol. The number of amides is 1. The van der Waals surface area contributed by atoms with Gasteiger partial charge in [0.15, 0.2) is 0 Å². The van der Waals surface area contributed by atoms with E-state index in [9.17, 15) is 4.79 Å². The molecule has 1 saturated heterocycles. The van der Waals surface area contributed by atoms with E-state index in [4.69, 9.17) is 4.42 Å². The largest absolute Gasteiger partial charge is 0.468 e. The molecule has 1 N–H and O–H groups in total. The monoisotopic (exact) mass is 316 g/mol. The summed E-state index contributed by atoms with van der Waals surface area (Å²) in [6, 6.07) is 5.98. The van der Waals surface area contributed by atoms with Crippen LogP contribution < -0.4 is 5.32 Å². The van der Waals surface area contributed by atoms with Gasteiger partial charge in [-0.2, -0.15) is 5.10 Å². The summed E-state index contributed by atoms with van der Waals surface area (Å²) in [4.78, 5) is 14.5. The Hall–Kier alpha value is -2.08. The summed E-state index contributed by atoms with van der Waals surface area (Å²) in [5, 5.41) is 7.18. The molecule has 3 heterocycles. The lowest BCUT2D eigenvalue weighted by Gasteiger charge is -2.26. The molecule has 2 aromatic rings. The third kappa shape index (κ3) is 4.01. The van der Waals surface area contributed by atoms with Crippen LogP contribution in [-0.2, 0) is 18.3 Å². The lowest BCUT2D eigenvalue weighted by Crippen LogP contribution is -2.36. The fraction of sp³-hybridized carbons (Fsp3) is 0.529. The third-order valence-corrected chi connectivity index (χ3v) is 4.48. The van der Waals surface area contributed by atoms with E-state index < -0.39 is 0 Å². The summed E-state index contributed by atoms with van der Waals surface area (Å²) in [5.41, 5.74) is 1.07. The summed E-state index contributed by atoms with van der Waals surface area (Å²) in [5.74, 6) is 1.00. The zero-order valence-electron chi connectivity index (χ0n) is 13.6. The zero-order valence-corrected chi connectivity index (χ0v) is 13.6. The first-order valence-electron chi connectivity index (χ1n) is 8.25. The Morgan fingerprint density at radius 3 is 2.87 bits per heavy atom. The van der Waals surface area contributed by atoms with Gasteiger partial charge in [0.25, 0.3) is 0 Å². The van der Waals surface area contributed by atoms with Gasteiger partial charge in [-0.1, -0.05) is 0 Å². The third-order valence-electron chi connectivity index (χ3n) is 4.48. The molecule has 3 rings (SSSR count). The van der Waals surface area contributed by atoms with Gasteiger partial charge in [-0.3, -0.25) is 14.4 Å². The summed E-state index contributed by atoms with van der Waals surface area (Å²) in [7, 11) is 1.90. The minimum absolute atomic E-state index is 0.0713. The first kappa shape index (κ1) is 15.8. The van der Waals surface area contributed by atoms with Gasteiger partial charge in [-0.15, -0.1) is 0 Å². The van der Waals surface area contributed by atoms with E-state index in [-0.39, 0.29) is 11.9 Å². The highest BCUT2D eigenvalue weighted by molar-refractivity contribution is 5.76.